The molecule has 1 amide bonds. The van der Waals surface area contributed by atoms with Crippen molar-refractivity contribution in [1.82, 2.24) is 15.2 Å². The van der Waals surface area contributed by atoms with Crippen LogP contribution in [0.3, 0.4) is 0 Å². The van der Waals surface area contributed by atoms with Gasteiger partial charge in [0.05, 0.1) is 40.4 Å². The van der Waals surface area contributed by atoms with Crippen LogP contribution < -0.4 is 5.32 Å². The third-order valence-corrected chi connectivity index (χ3v) is 9.59. The Labute approximate surface area is 243 Å². The Morgan fingerprint density at radius 3 is 2.58 bits per heavy atom. The van der Waals surface area contributed by atoms with Crippen molar-refractivity contribution in [3.05, 3.63) is 28.8 Å². The number of ketones is 2. The Hall–Kier alpha value is -2.16. The number of nitrogens with zero attached hydrogens (tertiary/aromatic N) is 2. The number of morpholine rings is 1. The molecule has 1 aromatic heterocycles. The molecule has 1 saturated heterocycles. The van der Waals surface area contributed by atoms with Gasteiger partial charge in [0.25, 0.3) is 0 Å². The molecule has 1 aliphatic carbocycles. The first-order valence-corrected chi connectivity index (χ1v) is 16.2. The maximum atomic E-state index is 13.8. The lowest BCUT2D eigenvalue weighted by atomic mass is 9.81. The summed E-state index contributed by atoms with van der Waals surface area (Å²) in [5, 5.41) is 4.05. The molecule has 220 valence electrons. The molecule has 2 aromatic rings. The SMILES string of the molecule is CCC(=O)C[C@@H](Cc1nc2ccc(C(C)C)cc2s1)C(=O)N[C@H](C(=O)CCCN1CCOCC1)C1CCCCC1. The molecule has 4 rings (SSSR count). The molecule has 1 saturated carbocycles. The monoisotopic (exact) mass is 569 g/mol. The highest BCUT2D eigenvalue weighted by molar-refractivity contribution is 7.18. The third kappa shape index (κ3) is 8.67. The lowest BCUT2D eigenvalue weighted by Crippen LogP contribution is -2.49. The summed E-state index contributed by atoms with van der Waals surface area (Å²) in [4.78, 5) is 47.0. The Bertz CT molecular complexity index is 1130. The topological polar surface area (TPSA) is 88.6 Å². The summed E-state index contributed by atoms with van der Waals surface area (Å²) in [5.41, 5.74) is 2.20. The number of thiazole rings is 1. The Kier molecular flexibility index (Phi) is 11.7. The minimum atomic E-state index is -0.523. The van der Waals surface area contributed by atoms with E-state index in [1.165, 1.54) is 12.0 Å². The van der Waals surface area contributed by atoms with Gasteiger partial charge in [0.15, 0.2) is 5.78 Å². The smallest absolute Gasteiger partial charge is 0.224 e. The molecular formula is C32H47N3O4S. The van der Waals surface area contributed by atoms with Gasteiger partial charge in [-0.05, 0) is 55.3 Å². The minimum Gasteiger partial charge on any atom is -0.379 e. The van der Waals surface area contributed by atoms with Gasteiger partial charge in [0, 0.05) is 38.8 Å². The second-order valence-corrected chi connectivity index (χ2v) is 13.0. The highest BCUT2D eigenvalue weighted by Crippen LogP contribution is 2.30. The summed E-state index contributed by atoms with van der Waals surface area (Å²) >= 11 is 1.60. The van der Waals surface area contributed by atoms with Gasteiger partial charge in [0.2, 0.25) is 5.91 Å². The molecule has 1 aliphatic heterocycles. The van der Waals surface area contributed by atoms with E-state index in [9.17, 15) is 14.4 Å². The Morgan fingerprint density at radius 1 is 1.12 bits per heavy atom. The highest BCUT2D eigenvalue weighted by Gasteiger charge is 2.33. The van der Waals surface area contributed by atoms with Gasteiger partial charge in [-0.2, -0.15) is 0 Å². The second kappa shape index (κ2) is 15.2. The summed E-state index contributed by atoms with van der Waals surface area (Å²) in [6, 6.07) is 5.87. The molecule has 0 unspecified atom stereocenters. The summed E-state index contributed by atoms with van der Waals surface area (Å²) < 4.78 is 6.55. The molecule has 2 heterocycles. The quantitative estimate of drug-likeness (QED) is 0.314. The van der Waals surface area contributed by atoms with Crippen molar-refractivity contribution in [2.24, 2.45) is 11.8 Å². The standard InChI is InChI=1S/C32H47N3O4S/c1-4-26(36)19-25(21-30-33-27-13-12-24(22(2)3)20-29(27)40-30)32(38)34-31(23-9-6-5-7-10-23)28(37)11-8-14-35-15-17-39-18-16-35/h12-13,20,22-23,25,31H,4-11,14-19,21H2,1-3H3,(H,34,38)/t25-,31-/m0/s1. The predicted octanol–water partition coefficient (Wildman–Crippen LogP) is 5.69. The van der Waals surface area contributed by atoms with Crippen molar-refractivity contribution in [1.29, 1.82) is 0 Å². The predicted molar refractivity (Wildman–Crippen MR) is 161 cm³/mol. The van der Waals surface area contributed by atoms with Crippen LogP contribution in [0.25, 0.3) is 10.2 Å². The number of hydrogen-bond acceptors (Lipinski definition) is 7. The van der Waals surface area contributed by atoms with E-state index in [1.807, 2.05) is 13.0 Å². The van der Waals surface area contributed by atoms with Crippen LogP contribution in [-0.4, -0.2) is 66.2 Å². The van der Waals surface area contributed by atoms with Crippen LogP contribution in [0.15, 0.2) is 18.2 Å². The van der Waals surface area contributed by atoms with Gasteiger partial charge < -0.3 is 10.1 Å². The molecule has 40 heavy (non-hydrogen) atoms. The van der Waals surface area contributed by atoms with E-state index in [0.717, 1.165) is 80.2 Å². The van der Waals surface area contributed by atoms with Crippen molar-refractivity contribution in [3.63, 3.8) is 0 Å². The number of fused-ring (bicyclic) bond motifs is 1. The number of amides is 1. The molecule has 2 fully saturated rings. The number of Topliss-reactive ketones (excluding diaryl/α,β-unsaturated/α-hetero) is 2. The Morgan fingerprint density at radius 2 is 1.88 bits per heavy atom. The zero-order valence-corrected chi connectivity index (χ0v) is 25.4. The summed E-state index contributed by atoms with van der Waals surface area (Å²) in [6.45, 7) is 10.4. The maximum absolute atomic E-state index is 13.8. The number of carbonyl (C=O) groups excluding carboxylic acids is 3. The van der Waals surface area contributed by atoms with E-state index in [1.54, 1.807) is 11.3 Å². The zero-order chi connectivity index (χ0) is 28.5. The first-order chi connectivity index (χ1) is 19.3. The number of benzene rings is 1. The second-order valence-electron chi connectivity index (χ2n) is 11.9. The van der Waals surface area contributed by atoms with Gasteiger partial charge in [-0.15, -0.1) is 11.3 Å². The van der Waals surface area contributed by atoms with Crippen molar-refractivity contribution < 1.29 is 19.1 Å². The fourth-order valence-electron chi connectivity index (χ4n) is 5.98. The van der Waals surface area contributed by atoms with E-state index >= 15 is 0 Å². The molecule has 0 spiro atoms. The van der Waals surface area contributed by atoms with Gasteiger partial charge in [-0.3, -0.25) is 19.3 Å². The highest BCUT2D eigenvalue weighted by atomic mass is 32.1. The van der Waals surface area contributed by atoms with Crippen molar-refractivity contribution in [2.75, 3.05) is 32.8 Å². The van der Waals surface area contributed by atoms with Gasteiger partial charge >= 0.3 is 0 Å². The molecule has 7 nitrogen and oxygen atoms in total. The largest absolute Gasteiger partial charge is 0.379 e. The molecule has 0 radical (unpaired) electrons. The maximum Gasteiger partial charge on any atom is 0.224 e. The molecular weight excluding hydrogens is 522 g/mol. The number of hydrogen-bond donors (Lipinski definition) is 1. The fraction of sp³-hybridized carbons (Fsp3) is 0.688. The summed E-state index contributed by atoms with van der Waals surface area (Å²) in [7, 11) is 0. The lowest BCUT2D eigenvalue weighted by molar-refractivity contribution is -0.133. The summed E-state index contributed by atoms with van der Waals surface area (Å²) in [6.07, 6.45) is 7.56. The zero-order valence-electron chi connectivity index (χ0n) is 24.6. The number of ether oxygens (including phenoxy) is 1. The molecule has 8 heteroatoms. The number of rotatable bonds is 14. The van der Waals surface area contributed by atoms with Crippen molar-refractivity contribution in [3.8, 4) is 0 Å². The van der Waals surface area contributed by atoms with Crippen LogP contribution in [0.2, 0.25) is 0 Å². The average Bonchev–Trinajstić information content (AvgIpc) is 3.38. The van der Waals surface area contributed by atoms with Gasteiger partial charge in [-0.25, -0.2) is 4.98 Å². The first kappa shape index (κ1) is 30.8. The average molecular weight is 570 g/mol. The van der Waals surface area contributed by atoms with Crippen LogP contribution >= 0.6 is 11.3 Å². The van der Waals surface area contributed by atoms with Crippen molar-refractivity contribution in [2.45, 2.75) is 96.9 Å². The van der Waals surface area contributed by atoms with E-state index in [0.29, 0.717) is 25.2 Å². The molecule has 0 bridgehead atoms. The molecule has 2 atom stereocenters. The van der Waals surface area contributed by atoms with Crippen LogP contribution in [0.1, 0.15) is 95.0 Å². The molecule has 2 aliphatic rings. The summed E-state index contributed by atoms with van der Waals surface area (Å²) in [5.74, 6) is 0.0994. The Balaban J connectivity index is 1.46. The van der Waals surface area contributed by atoms with E-state index in [-0.39, 0.29) is 29.8 Å². The van der Waals surface area contributed by atoms with Crippen LogP contribution in [0.4, 0.5) is 0 Å². The fourth-order valence-corrected chi connectivity index (χ4v) is 7.08. The van der Waals surface area contributed by atoms with Crippen LogP contribution in [0.5, 0.6) is 0 Å². The van der Waals surface area contributed by atoms with Gasteiger partial charge in [-0.1, -0.05) is 46.1 Å². The van der Waals surface area contributed by atoms with Crippen LogP contribution in [0, 0.1) is 11.8 Å². The van der Waals surface area contributed by atoms with E-state index in [2.05, 4.69) is 36.2 Å². The number of nitrogens with one attached hydrogen (secondary N) is 1. The van der Waals surface area contributed by atoms with E-state index < -0.39 is 12.0 Å². The number of carbonyl (C=O) groups is 3. The van der Waals surface area contributed by atoms with E-state index in [4.69, 9.17) is 9.72 Å². The van der Waals surface area contributed by atoms with Gasteiger partial charge in [0.1, 0.15) is 5.78 Å². The molecule has 1 aromatic carbocycles. The minimum absolute atomic E-state index is 0.0643. The van der Waals surface area contributed by atoms with Crippen molar-refractivity contribution >= 4 is 39.0 Å². The third-order valence-electron chi connectivity index (χ3n) is 8.55. The first-order valence-electron chi connectivity index (χ1n) is 15.4. The lowest BCUT2D eigenvalue weighted by Gasteiger charge is -2.31. The van der Waals surface area contributed by atoms with Crippen LogP contribution in [-0.2, 0) is 25.5 Å². The number of aromatic nitrogens is 1. The molecule has 1 N–H and O–H groups in total. The normalized spacial score (nSPS) is 18.6.